The van der Waals surface area contributed by atoms with Gasteiger partial charge >= 0.3 is 0 Å². The first-order valence-corrected chi connectivity index (χ1v) is 7.56. The van der Waals surface area contributed by atoms with Gasteiger partial charge in [-0.25, -0.2) is 9.37 Å². The van der Waals surface area contributed by atoms with E-state index in [1.807, 2.05) is 0 Å². The first-order chi connectivity index (χ1) is 10.0. The van der Waals surface area contributed by atoms with Crippen LogP contribution in [0.4, 0.5) is 4.39 Å². The van der Waals surface area contributed by atoms with E-state index in [0.29, 0.717) is 26.9 Å². The fourth-order valence-electron chi connectivity index (χ4n) is 2.15. The minimum atomic E-state index is -0.545. The molecule has 0 aliphatic carbocycles. The van der Waals surface area contributed by atoms with Gasteiger partial charge in [-0.05, 0) is 24.3 Å². The van der Waals surface area contributed by atoms with E-state index in [2.05, 4.69) is 4.98 Å². The standard InChI is InChI=1S/C14H7Cl4FN2/c15-6-13-20-10-4-8(17)9(18)5-12(10)21(13)11-3-1-2-7(16)14(11)19/h1-5H,6H2. The molecule has 3 aromatic rings. The lowest BCUT2D eigenvalue weighted by Gasteiger charge is -2.10. The summed E-state index contributed by atoms with van der Waals surface area (Å²) in [6, 6.07) is 7.98. The highest BCUT2D eigenvalue weighted by Crippen LogP contribution is 2.32. The molecule has 2 aromatic carbocycles. The molecule has 2 nitrogen and oxygen atoms in total. The third-order valence-electron chi connectivity index (χ3n) is 3.06. The molecule has 3 rings (SSSR count). The van der Waals surface area contributed by atoms with Crippen LogP contribution in [0.5, 0.6) is 0 Å². The maximum absolute atomic E-state index is 14.3. The van der Waals surface area contributed by atoms with Crippen LogP contribution in [0.15, 0.2) is 30.3 Å². The fraction of sp³-hybridized carbons (Fsp3) is 0.0714. The van der Waals surface area contributed by atoms with Crippen LogP contribution >= 0.6 is 46.4 Å². The molecule has 0 atom stereocenters. The topological polar surface area (TPSA) is 17.8 Å². The number of imidazole rings is 1. The predicted molar refractivity (Wildman–Crippen MR) is 85.6 cm³/mol. The van der Waals surface area contributed by atoms with Crippen molar-refractivity contribution >= 4 is 57.4 Å². The van der Waals surface area contributed by atoms with Gasteiger partial charge in [0.05, 0.1) is 37.7 Å². The van der Waals surface area contributed by atoms with Gasteiger partial charge in [0, 0.05) is 0 Å². The van der Waals surface area contributed by atoms with Crippen LogP contribution in [-0.2, 0) is 5.88 Å². The average molecular weight is 364 g/mol. The second kappa shape index (κ2) is 5.65. The van der Waals surface area contributed by atoms with E-state index in [1.165, 1.54) is 6.07 Å². The minimum Gasteiger partial charge on any atom is -0.292 e. The largest absolute Gasteiger partial charge is 0.292 e. The SMILES string of the molecule is Fc1c(Cl)cccc1-n1c(CCl)nc2cc(Cl)c(Cl)cc21. The molecular formula is C14H7Cl4FN2. The van der Waals surface area contributed by atoms with Crippen LogP contribution in [0, 0.1) is 5.82 Å². The van der Waals surface area contributed by atoms with Crippen molar-refractivity contribution in [3.05, 3.63) is 57.0 Å². The molecule has 0 spiro atoms. The van der Waals surface area contributed by atoms with Crippen molar-refractivity contribution in [2.45, 2.75) is 5.88 Å². The Kier molecular flexibility index (Phi) is 4.02. The Bertz CT molecular complexity index is 845. The predicted octanol–water partition coefficient (Wildman–Crippen LogP) is 5.86. The van der Waals surface area contributed by atoms with E-state index < -0.39 is 5.82 Å². The third-order valence-corrected chi connectivity index (χ3v) is 4.31. The molecule has 0 unspecified atom stereocenters. The molecule has 1 heterocycles. The van der Waals surface area contributed by atoms with Gasteiger partial charge in [-0.3, -0.25) is 4.57 Å². The minimum absolute atomic E-state index is 0.0231. The number of nitrogens with zero attached hydrogens (tertiary/aromatic N) is 2. The monoisotopic (exact) mass is 362 g/mol. The number of rotatable bonds is 2. The number of halogens is 5. The summed E-state index contributed by atoms with van der Waals surface area (Å²) in [5.74, 6) is 0.0395. The van der Waals surface area contributed by atoms with E-state index in [1.54, 1.807) is 28.8 Å². The summed E-state index contributed by atoms with van der Waals surface area (Å²) < 4.78 is 15.9. The van der Waals surface area contributed by atoms with Gasteiger partial charge in [-0.1, -0.05) is 40.9 Å². The van der Waals surface area contributed by atoms with Crippen LogP contribution in [0.25, 0.3) is 16.7 Å². The van der Waals surface area contributed by atoms with E-state index in [-0.39, 0.29) is 16.6 Å². The maximum atomic E-state index is 14.3. The van der Waals surface area contributed by atoms with Crippen molar-refractivity contribution < 1.29 is 4.39 Å². The second-order valence-corrected chi connectivity index (χ2v) is 5.81. The highest BCUT2D eigenvalue weighted by molar-refractivity contribution is 6.42. The Hall–Kier alpha value is -1.000. The Balaban J connectivity index is 2.40. The fourth-order valence-corrected chi connectivity index (χ4v) is 2.81. The molecule has 21 heavy (non-hydrogen) atoms. The van der Waals surface area contributed by atoms with Crippen LogP contribution in [0.2, 0.25) is 15.1 Å². The van der Waals surface area contributed by atoms with Gasteiger partial charge in [0.15, 0.2) is 5.82 Å². The number of alkyl halides is 1. The van der Waals surface area contributed by atoms with Crippen molar-refractivity contribution in [1.29, 1.82) is 0 Å². The Morgan fingerprint density at radius 3 is 2.48 bits per heavy atom. The summed E-state index contributed by atoms with van der Waals surface area (Å²) in [5, 5.41) is 0.755. The molecule has 0 fully saturated rings. The summed E-state index contributed by atoms with van der Waals surface area (Å²) in [6.07, 6.45) is 0. The number of benzene rings is 2. The Labute approximate surface area is 140 Å². The second-order valence-electron chi connectivity index (χ2n) is 4.33. The van der Waals surface area contributed by atoms with E-state index in [9.17, 15) is 4.39 Å². The zero-order chi connectivity index (χ0) is 15.1. The molecule has 0 aliphatic heterocycles. The van der Waals surface area contributed by atoms with Crippen molar-refractivity contribution in [3.8, 4) is 5.69 Å². The van der Waals surface area contributed by atoms with Crippen LogP contribution in [-0.4, -0.2) is 9.55 Å². The maximum Gasteiger partial charge on any atom is 0.165 e. The highest BCUT2D eigenvalue weighted by Gasteiger charge is 2.17. The van der Waals surface area contributed by atoms with E-state index >= 15 is 0 Å². The lowest BCUT2D eigenvalue weighted by atomic mass is 10.2. The number of aromatic nitrogens is 2. The summed E-state index contributed by atoms with van der Waals surface area (Å²) in [4.78, 5) is 4.36. The lowest BCUT2D eigenvalue weighted by Crippen LogP contribution is -2.02. The zero-order valence-corrected chi connectivity index (χ0v) is 13.4. The average Bonchev–Trinajstić information content (AvgIpc) is 2.80. The summed E-state index contributed by atoms with van der Waals surface area (Å²) in [7, 11) is 0. The lowest BCUT2D eigenvalue weighted by molar-refractivity contribution is 0.618. The van der Waals surface area contributed by atoms with Gasteiger partial charge in [0.25, 0.3) is 0 Å². The van der Waals surface area contributed by atoms with Crippen molar-refractivity contribution in [2.24, 2.45) is 0 Å². The van der Waals surface area contributed by atoms with Gasteiger partial charge in [-0.15, -0.1) is 11.6 Å². The molecular weight excluding hydrogens is 357 g/mol. The zero-order valence-electron chi connectivity index (χ0n) is 10.4. The Morgan fingerprint density at radius 1 is 1.05 bits per heavy atom. The van der Waals surface area contributed by atoms with Crippen molar-refractivity contribution in [1.82, 2.24) is 9.55 Å². The molecule has 0 N–H and O–H groups in total. The number of hydrogen-bond donors (Lipinski definition) is 0. The summed E-state index contributed by atoms with van der Waals surface area (Å²) >= 11 is 23.8. The van der Waals surface area contributed by atoms with Gasteiger partial charge in [-0.2, -0.15) is 0 Å². The van der Waals surface area contributed by atoms with E-state index in [0.717, 1.165) is 0 Å². The smallest absolute Gasteiger partial charge is 0.165 e. The van der Waals surface area contributed by atoms with Crippen molar-refractivity contribution in [3.63, 3.8) is 0 Å². The van der Waals surface area contributed by atoms with Crippen molar-refractivity contribution in [2.75, 3.05) is 0 Å². The quantitative estimate of drug-likeness (QED) is 0.521. The Morgan fingerprint density at radius 2 is 1.76 bits per heavy atom. The van der Waals surface area contributed by atoms with Crippen LogP contribution in [0.3, 0.4) is 0 Å². The molecule has 0 amide bonds. The van der Waals surface area contributed by atoms with Gasteiger partial charge < -0.3 is 0 Å². The number of hydrogen-bond acceptors (Lipinski definition) is 1. The van der Waals surface area contributed by atoms with Gasteiger partial charge in [0.1, 0.15) is 5.82 Å². The molecule has 0 saturated heterocycles. The van der Waals surface area contributed by atoms with Crippen LogP contribution < -0.4 is 0 Å². The summed E-state index contributed by atoms with van der Waals surface area (Å²) in [6.45, 7) is 0. The van der Waals surface area contributed by atoms with Gasteiger partial charge in [0.2, 0.25) is 0 Å². The normalized spacial score (nSPS) is 11.3. The molecule has 0 radical (unpaired) electrons. The third kappa shape index (κ3) is 2.49. The molecule has 0 saturated carbocycles. The number of fused-ring (bicyclic) bond motifs is 1. The molecule has 7 heteroatoms. The molecule has 0 aliphatic rings. The van der Waals surface area contributed by atoms with E-state index in [4.69, 9.17) is 46.4 Å². The first kappa shape index (κ1) is 14.9. The highest BCUT2D eigenvalue weighted by atomic mass is 35.5. The molecule has 1 aromatic heterocycles. The molecule has 0 bridgehead atoms. The van der Waals surface area contributed by atoms with Crippen LogP contribution in [0.1, 0.15) is 5.82 Å². The first-order valence-electron chi connectivity index (χ1n) is 5.89. The molecule has 108 valence electrons. The summed E-state index contributed by atoms with van der Waals surface area (Å²) in [5.41, 5.74) is 1.46.